The number of benzene rings is 3. The number of hydrogen-bond acceptors (Lipinski definition) is 4. The van der Waals surface area contributed by atoms with E-state index in [2.05, 4.69) is 21.2 Å². The quantitative estimate of drug-likeness (QED) is 0.250. The normalized spacial score (nSPS) is 12.0. The Morgan fingerprint density at radius 2 is 1.74 bits per heavy atom. The number of nitrogens with zero attached hydrogens (tertiary/aromatic N) is 2. The van der Waals surface area contributed by atoms with Gasteiger partial charge in [0.15, 0.2) is 0 Å². The molecule has 1 N–H and O–H groups in total. The summed E-state index contributed by atoms with van der Waals surface area (Å²) < 4.78 is 29.6. The predicted octanol–water partition coefficient (Wildman–Crippen LogP) is 5.94. The van der Waals surface area contributed by atoms with Crippen LogP contribution in [0.3, 0.4) is 0 Å². The number of sulfonamides is 1. The number of hydrogen-bond donors (Lipinski definition) is 1. The molecule has 0 radical (unpaired) electrons. The molecule has 208 valence electrons. The van der Waals surface area contributed by atoms with Crippen molar-refractivity contribution in [2.45, 2.75) is 51.1 Å². The van der Waals surface area contributed by atoms with Gasteiger partial charge in [-0.05, 0) is 73.9 Å². The Kier molecular flexibility index (Phi) is 11.0. The third-order valence-electron chi connectivity index (χ3n) is 6.28. The van der Waals surface area contributed by atoms with Gasteiger partial charge in [0, 0.05) is 22.6 Å². The van der Waals surface area contributed by atoms with Crippen LogP contribution in [0.1, 0.15) is 37.8 Å². The van der Waals surface area contributed by atoms with E-state index in [9.17, 15) is 18.0 Å². The highest BCUT2D eigenvalue weighted by Gasteiger charge is 2.33. The Hall–Kier alpha value is -2.88. The standard InChI is InChI=1S/C29H33BrClN3O4S/c1-4-5-16-32-29(36)22(3)33(19-23-10-9-11-24(30)18-23)28(35)20-34(27-15-14-25(31)17-21(27)2)39(37,38)26-12-7-6-8-13-26/h6-15,17-18,22H,4-5,16,19-20H2,1-3H3,(H,32,36). The van der Waals surface area contributed by atoms with E-state index in [0.29, 0.717) is 22.8 Å². The number of nitrogens with one attached hydrogen (secondary N) is 1. The zero-order valence-electron chi connectivity index (χ0n) is 22.2. The first-order chi connectivity index (χ1) is 18.5. The summed E-state index contributed by atoms with van der Waals surface area (Å²) in [5, 5.41) is 3.34. The number of carbonyl (C=O) groups excluding carboxylic acids is 2. The van der Waals surface area contributed by atoms with Crippen molar-refractivity contribution in [3.8, 4) is 0 Å². The lowest BCUT2D eigenvalue weighted by atomic mass is 10.1. The smallest absolute Gasteiger partial charge is 0.264 e. The molecule has 1 atom stereocenters. The van der Waals surface area contributed by atoms with Gasteiger partial charge in [0.05, 0.1) is 10.6 Å². The van der Waals surface area contributed by atoms with Gasteiger partial charge in [-0.25, -0.2) is 8.42 Å². The van der Waals surface area contributed by atoms with Crippen LogP contribution in [0.5, 0.6) is 0 Å². The van der Waals surface area contributed by atoms with E-state index in [-0.39, 0.29) is 17.3 Å². The van der Waals surface area contributed by atoms with Crippen LogP contribution >= 0.6 is 27.5 Å². The Labute approximate surface area is 244 Å². The van der Waals surface area contributed by atoms with Gasteiger partial charge < -0.3 is 10.2 Å². The summed E-state index contributed by atoms with van der Waals surface area (Å²) in [7, 11) is -4.13. The molecule has 0 heterocycles. The van der Waals surface area contributed by atoms with Crippen LogP contribution in [0.15, 0.2) is 82.2 Å². The molecule has 0 aliphatic carbocycles. The molecule has 3 aromatic rings. The summed E-state index contributed by atoms with van der Waals surface area (Å²) in [6.07, 6.45) is 1.74. The Morgan fingerprint density at radius 1 is 1.03 bits per heavy atom. The molecule has 0 aromatic heterocycles. The number of carbonyl (C=O) groups is 2. The Balaban J connectivity index is 2.02. The molecule has 0 saturated carbocycles. The van der Waals surface area contributed by atoms with Gasteiger partial charge in [-0.1, -0.05) is 71.2 Å². The lowest BCUT2D eigenvalue weighted by molar-refractivity contribution is -0.139. The molecule has 39 heavy (non-hydrogen) atoms. The summed E-state index contributed by atoms with van der Waals surface area (Å²) in [6, 6.07) is 19.4. The fourth-order valence-electron chi connectivity index (χ4n) is 4.08. The average molecular weight is 635 g/mol. The second kappa shape index (κ2) is 14.0. The maximum absolute atomic E-state index is 14.0. The molecule has 3 aromatic carbocycles. The molecule has 1 unspecified atom stereocenters. The highest BCUT2D eigenvalue weighted by Crippen LogP contribution is 2.29. The number of anilines is 1. The monoisotopic (exact) mass is 633 g/mol. The van der Waals surface area contributed by atoms with Crippen LogP contribution in [0.4, 0.5) is 5.69 Å². The van der Waals surface area contributed by atoms with Crippen LogP contribution in [-0.2, 0) is 26.2 Å². The van der Waals surface area contributed by atoms with Crippen LogP contribution < -0.4 is 9.62 Å². The molecule has 7 nitrogen and oxygen atoms in total. The zero-order valence-corrected chi connectivity index (χ0v) is 25.4. The minimum absolute atomic E-state index is 0.0519. The maximum Gasteiger partial charge on any atom is 0.264 e. The molecule has 2 amide bonds. The molecule has 0 aliphatic rings. The largest absolute Gasteiger partial charge is 0.354 e. The number of rotatable bonds is 12. The van der Waals surface area contributed by atoms with Gasteiger partial charge in [0.25, 0.3) is 10.0 Å². The summed E-state index contributed by atoms with van der Waals surface area (Å²) in [5.74, 6) is -0.811. The van der Waals surface area contributed by atoms with Gasteiger partial charge in [0.2, 0.25) is 11.8 Å². The van der Waals surface area contributed by atoms with Crippen molar-refractivity contribution in [1.82, 2.24) is 10.2 Å². The summed E-state index contributed by atoms with van der Waals surface area (Å²) in [4.78, 5) is 28.4. The molecule has 10 heteroatoms. The second-order valence-electron chi connectivity index (χ2n) is 9.23. The van der Waals surface area contributed by atoms with Crippen LogP contribution in [0.2, 0.25) is 5.02 Å². The minimum atomic E-state index is -4.13. The molecular weight excluding hydrogens is 602 g/mol. The zero-order chi connectivity index (χ0) is 28.6. The van der Waals surface area contributed by atoms with Crippen LogP contribution in [0.25, 0.3) is 0 Å². The van der Waals surface area contributed by atoms with Gasteiger partial charge in [-0.3, -0.25) is 13.9 Å². The van der Waals surface area contributed by atoms with Crippen LogP contribution in [0, 0.1) is 6.92 Å². The van der Waals surface area contributed by atoms with E-state index in [1.54, 1.807) is 50.2 Å². The van der Waals surface area contributed by atoms with Crippen molar-refractivity contribution in [1.29, 1.82) is 0 Å². The lowest BCUT2D eigenvalue weighted by Gasteiger charge is -2.32. The van der Waals surface area contributed by atoms with E-state index in [4.69, 9.17) is 11.6 Å². The predicted molar refractivity (Wildman–Crippen MR) is 159 cm³/mol. The molecule has 0 fully saturated rings. The van der Waals surface area contributed by atoms with E-state index in [0.717, 1.165) is 27.2 Å². The molecule has 0 bridgehead atoms. The van der Waals surface area contributed by atoms with Crippen molar-refractivity contribution >= 4 is 55.1 Å². The fourth-order valence-corrected chi connectivity index (χ4v) is 6.26. The SMILES string of the molecule is CCCCNC(=O)C(C)N(Cc1cccc(Br)c1)C(=O)CN(c1ccc(Cl)cc1C)S(=O)(=O)c1ccccc1. The van der Waals surface area contributed by atoms with Gasteiger partial charge in [-0.15, -0.1) is 0 Å². The fraction of sp³-hybridized carbons (Fsp3) is 0.310. The van der Waals surface area contributed by atoms with Crippen molar-refractivity contribution in [2.24, 2.45) is 0 Å². The van der Waals surface area contributed by atoms with Crippen molar-refractivity contribution in [2.75, 3.05) is 17.4 Å². The van der Waals surface area contributed by atoms with Crippen molar-refractivity contribution in [3.05, 3.63) is 93.4 Å². The Bertz CT molecular complexity index is 1400. The van der Waals surface area contributed by atoms with Crippen molar-refractivity contribution in [3.63, 3.8) is 0 Å². The minimum Gasteiger partial charge on any atom is -0.354 e. The highest BCUT2D eigenvalue weighted by molar-refractivity contribution is 9.10. The summed E-state index contributed by atoms with van der Waals surface area (Å²) >= 11 is 9.60. The maximum atomic E-state index is 14.0. The van der Waals surface area contributed by atoms with E-state index < -0.39 is 28.5 Å². The average Bonchev–Trinajstić information content (AvgIpc) is 2.91. The molecular formula is C29H33BrClN3O4S. The number of aryl methyl sites for hydroxylation is 1. The van der Waals surface area contributed by atoms with Crippen LogP contribution in [-0.4, -0.2) is 44.3 Å². The summed E-state index contributed by atoms with van der Waals surface area (Å²) in [5.41, 5.74) is 1.73. The Morgan fingerprint density at radius 3 is 2.38 bits per heavy atom. The van der Waals surface area contributed by atoms with E-state index in [1.807, 2.05) is 31.2 Å². The highest BCUT2D eigenvalue weighted by atomic mass is 79.9. The van der Waals surface area contributed by atoms with Gasteiger partial charge in [-0.2, -0.15) is 0 Å². The van der Waals surface area contributed by atoms with E-state index in [1.165, 1.54) is 17.0 Å². The molecule has 0 aliphatic heterocycles. The van der Waals surface area contributed by atoms with E-state index >= 15 is 0 Å². The second-order valence-corrected chi connectivity index (χ2v) is 12.4. The topological polar surface area (TPSA) is 86.8 Å². The number of amides is 2. The van der Waals surface area contributed by atoms with Gasteiger partial charge in [0.1, 0.15) is 12.6 Å². The lowest BCUT2D eigenvalue weighted by Crippen LogP contribution is -2.51. The third kappa shape index (κ3) is 8.06. The first kappa shape index (κ1) is 30.7. The molecule has 0 spiro atoms. The number of unbranched alkanes of at least 4 members (excludes halogenated alkanes) is 1. The van der Waals surface area contributed by atoms with Gasteiger partial charge >= 0.3 is 0 Å². The molecule has 0 saturated heterocycles. The first-order valence-electron chi connectivity index (χ1n) is 12.7. The summed E-state index contributed by atoms with van der Waals surface area (Å²) in [6.45, 7) is 5.54. The van der Waals surface area contributed by atoms with Crippen molar-refractivity contribution < 1.29 is 18.0 Å². The third-order valence-corrected chi connectivity index (χ3v) is 8.78. The number of halogens is 2. The molecule has 3 rings (SSSR count). The first-order valence-corrected chi connectivity index (χ1v) is 15.3.